The van der Waals surface area contributed by atoms with Crippen molar-refractivity contribution in [2.24, 2.45) is 0 Å². The number of fused-ring (bicyclic) bond motifs is 2. The number of para-hydroxylation sites is 1. The van der Waals surface area contributed by atoms with Crippen molar-refractivity contribution in [1.29, 1.82) is 0 Å². The van der Waals surface area contributed by atoms with Gasteiger partial charge in [-0.25, -0.2) is 0 Å². The predicted octanol–water partition coefficient (Wildman–Crippen LogP) is 2.70. The number of likely N-dealkylation sites (N-methyl/N-ethyl adjacent to an activating group) is 1. The molecule has 2 aromatic rings. The molecule has 2 aliphatic rings. The highest BCUT2D eigenvalue weighted by Crippen LogP contribution is 2.37. The molecule has 1 atom stereocenters. The minimum atomic E-state index is -0.616. The van der Waals surface area contributed by atoms with Gasteiger partial charge in [0.1, 0.15) is 11.9 Å². The quantitative estimate of drug-likeness (QED) is 0.918. The van der Waals surface area contributed by atoms with Crippen molar-refractivity contribution in [3.8, 4) is 5.75 Å². The van der Waals surface area contributed by atoms with Gasteiger partial charge < -0.3 is 14.7 Å². The van der Waals surface area contributed by atoms with Crippen LogP contribution < -0.4 is 9.64 Å². The van der Waals surface area contributed by atoms with Gasteiger partial charge in [-0.3, -0.25) is 0 Å². The summed E-state index contributed by atoms with van der Waals surface area (Å²) in [7, 11) is 2.11. The number of hydrogen-bond acceptors (Lipinski definition) is 3. The second-order valence-corrected chi connectivity index (χ2v) is 5.90. The number of aliphatic hydroxyl groups is 1. The van der Waals surface area contributed by atoms with Gasteiger partial charge in [0.2, 0.25) is 0 Å². The van der Waals surface area contributed by atoms with Gasteiger partial charge in [0.05, 0.1) is 6.61 Å². The zero-order valence-electron chi connectivity index (χ0n) is 12.2. The van der Waals surface area contributed by atoms with Gasteiger partial charge in [-0.1, -0.05) is 30.3 Å². The van der Waals surface area contributed by atoms with Gasteiger partial charge in [0.25, 0.3) is 0 Å². The minimum absolute atomic E-state index is 0.616. The van der Waals surface area contributed by atoms with Crippen LogP contribution in [0.4, 0.5) is 5.69 Å². The highest BCUT2D eigenvalue weighted by atomic mass is 16.5. The first kappa shape index (κ1) is 12.7. The fourth-order valence-electron chi connectivity index (χ4n) is 3.39. The van der Waals surface area contributed by atoms with E-state index in [0.717, 1.165) is 36.3 Å². The molecule has 21 heavy (non-hydrogen) atoms. The SMILES string of the molecule is CN1CCc2cc(C(O)c3cccc4c3OCC4)ccc21. The molecule has 0 fully saturated rings. The molecule has 4 rings (SSSR count). The number of hydrogen-bond donors (Lipinski definition) is 1. The van der Waals surface area contributed by atoms with E-state index >= 15 is 0 Å². The van der Waals surface area contributed by atoms with Gasteiger partial charge in [-0.15, -0.1) is 0 Å². The summed E-state index contributed by atoms with van der Waals surface area (Å²) in [5.74, 6) is 0.877. The molecule has 2 aromatic carbocycles. The van der Waals surface area contributed by atoms with Gasteiger partial charge in [0, 0.05) is 31.3 Å². The van der Waals surface area contributed by atoms with Crippen molar-refractivity contribution in [2.75, 3.05) is 25.1 Å². The molecule has 0 spiro atoms. The van der Waals surface area contributed by atoms with Crippen LogP contribution in [-0.4, -0.2) is 25.3 Å². The summed E-state index contributed by atoms with van der Waals surface area (Å²) in [6, 6.07) is 12.3. The van der Waals surface area contributed by atoms with E-state index in [1.807, 2.05) is 18.2 Å². The van der Waals surface area contributed by atoms with Crippen molar-refractivity contribution in [3.63, 3.8) is 0 Å². The molecule has 0 amide bonds. The number of ether oxygens (including phenoxy) is 1. The molecule has 0 radical (unpaired) electrons. The average molecular weight is 281 g/mol. The lowest BCUT2D eigenvalue weighted by atomic mass is 9.96. The second-order valence-electron chi connectivity index (χ2n) is 5.90. The zero-order valence-corrected chi connectivity index (χ0v) is 12.2. The Bertz CT molecular complexity index is 696. The molecular weight excluding hydrogens is 262 g/mol. The van der Waals surface area contributed by atoms with Crippen LogP contribution in [0, 0.1) is 0 Å². The Kier molecular flexibility index (Phi) is 2.89. The Morgan fingerprint density at radius 1 is 1.14 bits per heavy atom. The fourth-order valence-corrected chi connectivity index (χ4v) is 3.39. The Balaban J connectivity index is 1.73. The molecule has 1 N–H and O–H groups in total. The number of anilines is 1. The molecule has 2 aliphatic heterocycles. The molecule has 0 saturated carbocycles. The van der Waals surface area contributed by atoms with Crippen LogP contribution in [0.5, 0.6) is 5.75 Å². The monoisotopic (exact) mass is 281 g/mol. The molecule has 0 aliphatic carbocycles. The summed E-state index contributed by atoms with van der Waals surface area (Å²) in [6.45, 7) is 1.77. The van der Waals surface area contributed by atoms with Crippen LogP contribution in [0.2, 0.25) is 0 Å². The largest absolute Gasteiger partial charge is 0.493 e. The smallest absolute Gasteiger partial charge is 0.128 e. The summed E-state index contributed by atoms with van der Waals surface area (Å²) in [4.78, 5) is 2.26. The summed E-state index contributed by atoms with van der Waals surface area (Å²) >= 11 is 0. The number of aliphatic hydroxyl groups excluding tert-OH is 1. The molecule has 1 unspecified atom stereocenters. The van der Waals surface area contributed by atoms with Gasteiger partial charge in [-0.2, -0.15) is 0 Å². The molecular formula is C18H19NO2. The van der Waals surface area contributed by atoms with Gasteiger partial charge in [-0.05, 0) is 29.2 Å². The Hall–Kier alpha value is -2.00. The Labute approximate surface area is 124 Å². The standard InChI is InChI=1S/C18H19NO2/c1-19-9-7-13-11-14(5-6-16(13)19)17(20)15-4-2-3-12-8-10-21-18(12)15/h2-6,11,17,20H,7-10H2,1H3. The van der Waals surface area contributed by atoms with E-state index in [0.29, 0.717) is 6.61 Å². The predicted molar refractivity (Wildman–Crippen MR) is 83.1 cm³/mol. The fraction of sp³-hybridized carbons (Fsp3) is 0.333. The first-order chi connectivity index (χ1) is 10.2. The first-order valence-corrected chi connectivity index (χ1v) is 7.50. The van der Waals surface area contributed by atoms with Crippen LogP contribution in [0.1, 0.15) is 28.4 Å². The highest BCUT2D eigenvalue weighted by Gasteiger charge is 2.23. The van der Waals surface area contributed by atoms with Crippen molar-refractivity contribution < 1.29 is 9.84 Å². The Morgan fingerprint density at radius 3 is 2.95 bits per heavy atom. The van der Waals surface area contributed by atoms with Crippen molar-refractivity contribution in [2.45, 2.75) is 18.9 Å². The molecule has 108 valence electrons. The van der Waals surface area contributed by atoms with E-state index < -0.39 is 6.10 Å². The molecule has 0 aromatic heterocycles. The number of rotatable bonds is 2. The second kappa shape index (κ2) is 4.78. The molecule has 0 bridgehead atoms. The van der Waals surface area contributed by atoms with E-state index in [4.69, 9.17) is 4.74 Å². The van der Waals surface area contributed by atoms with Crippen LogP contribution in [0.3, 0.4) is 0 Å². The zero-order chi connectivity index (χ0) is 14.4. The normalized spacial score (nSPS) is 17.3. The maximum atomic E-state index is 10.8. The topological polar surface area (TPSA) is 32.7 Å². The van der Waals surface area contributed by atoms with E-state index in [2.05, 4.69) is 30.1 Å². The first-order valence-electron chi connectivity index (χ1n) is 7.50. The third-order valence-electron chi connectivity index (χ3n) is 4.59. The number of nitrogens with zero attached hydrogens (tertiary/aromatic N) is 1. The summed E-state index contributed by atoms with van der Waals surface area (Å²) in [5, 5.41) is 10.8. The van der Waals surface area contributed by atoms with Crippen LogP contribution in [0.25, 0.3) is 0 Å². The van der Waals surface area contributed by atoms with Crippen LogP contribution in [-0.2, 0) is 12.8 Å². The summed E-state index contributed by atoms with van der Waals surface area (Å²) in [6.07, 6.45) is 1.37. The molecule has 3 heteroatoms. The molecule has 0 saturated heterocycles. The average Bonchev–Trinajstić information content (AvgIpc) is 3.13. The van der Waals surface area contributed by atoms with Crippen LogP contribution in [0.15, 0.2) is 36.4 Å². The third-order valence-corrected chi connectivity index (χ3v) is 4.59. The maximum Gasteiger partial charge on any atom is 0.128 e. The lowest BCUT2D eigenvalue weighted by Crippen LogP contribution is -2.12. The molecule has 2 heterocycles. The van der Waals surface area contributed by atoms with Gasteiger partial charge >= 0.3 is 0 Å². The highest BCUT2D eigenvalue weighted by molar-refractivity contribution is 5.59. The number of benzene rings is 2. The maximum absolute atomic E-state index is 10.8. The van der Waals surface area contributed by atoms with Crippen LogP contribution >= 0.6 is 0 Å². The lowest BCUT2D eigenvalue weighted by Gasteiger charge is -2.17. The van der Waals surface area contributed by atoms with Gasteiger partial charge in [0.15, 0.2) is 0 Å². The summed E-state index contributed by atoms with van der Waals surface area (Å²) < 4.78 is 5.71. The van der Waals surface area contributed by atoms with Crippen molar-refractivity contribution in [3.05, 3.63) is 58.7 Å². The van der Waals surface area contributed by atoms with Crippen molar-refractivity contribution in [1.82, 2.24) is 0 Å². The van der Waals surface area contributed by atoms with E-state index in [1.165, 1.54) is 16.8 Å². The summed E-state index contributed by atoms with van der Waals surface area (Å²) in [5.41, 5.74) is 5.64. The van der Waals surface area contributed by atoms with Crippen molar-refractivity contribution >= 4 is 5.69 Å². The van der Waals surface area contributed by atoms with E-state index in [1.54, 1.807) is 0 Å². The third kappa shape index (κ3) is 2.00. The minimum Gasteiger partial charge on any atom is -0.493 e. The van der Waals surface area contributed by atoms with E-state index in [9.17, 15) is 5.11 Å². The Morgan fingerprint density at radius 2 is 2.05 bits per heavy atom. The molecule has 3 nitrogen and oxygen atoms in total. The van der Waals surface area contributed by atoms with E-state index in [-0.39, 0.29) is 0 Å². The lowest BCUT2D eigenvalue weighted by molar-refractivity contribution is 0.213.